The molecule has 2 aromatic heterocycles. The normalized spacial score (nSPS) is 13.6. The van der Waals surface area contributed by atoms with Gasteiger partial charge in [0.25, 0.3) is 0 Å². The molecule has 1 saturated carbocycles. The van der Waals surface area contributed by atoms with Crippen molar-refractivity contribution < 1.29 is 59.2 Å². The van der Waals surface area contributed by atoms with E-state index in [2.05, 4.69) is 33.7 Å². The lowest BCUT2D eigenvalue weighted by Gasteiger charge is -2.14. The molecule has 4 aromatic rings. The fourth-order valence-electron chi connectivity index (χ4n) is 4.33. The average molecular weight is 958 g/mol. The maximum atomic E-state index is 12.8. The van der Waals surface area contributed by atoms with Gasteiger partial charge in [0.05, 0.1) is 75.9 Å². The summed E-state index contributed by atoms with van der Waals surface area (Å²) < 4.78 is 90.1. The molecule has 1 atom stereocenters. The van der Waals surface area contributed by atoms with Crippen LogP contribution in [0.15, 0.2) is 50.7 Å². The highest BCUT2D eigenvalue weighted by Gasteiger charge is 2.34. The first-order chi connectivity index (χ1) is 26.5. The number of carboxylic acid groups (broad SMARTS) is 1. The number of carboxylic acids is 1. The zero-order chi connectivity index (χ0) is 44.5. The Bertz CT molecular complexity index is 2440. The highest BCUT2D eigenvalue weighted by molar-refractivity contribution is 7.94. The predicted octanol–water partition coefficient (Wildman–Crippen LogP) is 3.91. The molecule has 322 valence electrons. The van der Waals surface area contributed by atoms with Crippen LogP contribution in [0.2, 0.25) is 15.1 Å². The third-order valence-corrected chi connectivity index (χ3v) is 9.90. The summed E-state index contributed by atoms with van der Waals surface area (Å²) in [5, 5.41) is 17.5. The number of carbonyl (C=O) groups excluding carboxylic acids is 1. The van der Waals surface area contributed by atoms with Gasteiger partial charge in [-0.1, -0.05) is 40.0 Å². The zero-order valence-electron chi connectivity index (χ0n) is 31.3. The number of aliphatic carboxylic acids is 1. The Hall–Kier alpha value is -3.38. The lowest BCUT2D eigenvalue weighted by Crippen LogP contribution is -2.25. The number of hydrogen-bond acceptors (Lipinski definition) is 13. The van der Waals surface area contributed by atoms with Crippen LogP contribution < -0.4 is 20.6 Å². The van der Waals surface area contributed by atoms with E-state index in [0.29, 0.717) is 26.9 Å². The molecule has 18 nitrogen and oxygen atoms in total. The maximum Gasteiger partial charge on any atom is 0.355 e. The van der Waals surface area contributed by atoms with Crippen molar-refractivity contribution in [3.05, 3.63) is 84.8 Å². The Morgan fingerprint density at radius 1 is 1.07 bits per heavy atom. The van der Waals surface area contributed by atoms with E-state index in [0.717, 1.165) is 31.4 Å². The van der Waals surface area contributed by atoms with Crippen LogP contribution in [0, 0.1) is 6.92 Å². The molecule has 4 N–H and O–H groups in total. The van der Waals surface area contributed by atoms with Crippen LogP contribution >= 0.6 is 42.4 Å². The molecule has 0 saturated heterocycles. The van der Waals surface area contributed by atoms with E-state index >= 15 is 0 Å². The Kier molecular flexibility index (Phi) is 18.6. The van der Waals surface area contributed by atoms with Crippen LogP contribution in [-0.4, -0.2) is 102 Å². The number of nitrogens with zero attached hydrogens (tertiary/aromatic N) is 4. The van der Waals surface area contributed by atoms with E-state index in [1.165, 1.54) is 37.4 Å². The number of halogens is 5. The number of alkyl halides is 2. The van der Waals surface area contributed by atoms with Crippen LogP contribution in [0.25, 0.3) is 5.69 Å². The van der Waals surface area contributed by atoms with E-state index < -0.39 is 64.3 Å². The summed E-state index contributed by atoms with van der Waals surface area (Å²) in [7, 11) is -10.9. The van der Waals surface area contributed by atoms with Crippen LogP contribution in [0.3, 0.4) is 0 Å². The standard InChI is InChI=1S/C14H12ClNO4S.C11H10Cl2F2N4O3S.C3H8NO5P.C3H9S/c1-21(18,19)12-6-9(15)4-5-10(12)13(17)11-7-16-20-14(11)8-2-3-8;1-5-16-19(11(20)18(5)10(14)15)9-4-8(17-23(2,21)22)6(12)3-7(9)13;5-3(6)1-4-2-10(7,8)9;1-4(2)3/h4-8H,2-3H2,1H3;3-4,10,17H,1-2H3;4H,1-2H2,(H,5,6)(H2,7,8,9);1-3H3/q;;;+1/p-1. The minimum atomic E-state index is -4.35. The molecule has 0 amide bonds. The smallest absolute Gasteiger partial charge is 0.355 e. The van der Waals surface area contributed by atoms with Crippen LogP contribution in [0.1, 0.15) is 52.8 Å². The van der Waals surface area contributed by atoms with Gasteiger partial charge in [-0.2, -0.15) is 13.5 Å². The number of rotatable bonds is 12. The first kappa shape index (κ1) is 50.8. The number of hydrogen-bond donors (Lipinski definition) is 4. The lowest BCUT2D eigenvalue weighted by molar-refractivity contribution is -0.193. The number of benzene rings is 2. The van der Waals surface area contributed by atoms with Gasteiger partial charge in [0.15, 0.2) is 21.4 Å². The van der Waals surface area contributed by atoms with E-state index in [-0.39, 0.29) is 53.2 Å². The molecule has 5 rings (SSSR count). The van der Waals surface area contributed by atoms with E-state index in [9.17, 15) is 49.5 Å². The van der Waals surface area contributed by atoms with Crippen molar-refractivity contribution in [3.8, 4) is 5.69 Å². The monoisotopic (exact) mass is 956 g/mol. The third-order valence-electron chi connectivity index (χ3n) is 6.70. The first-order valence-electron chi connectivity index (χ1n) is 15.9. The number of aromatic nitrogens is 4. The fraction of sp³-hybridized carbons (Fsp3) is 0.387. The summed E-state index contributed by atoms with van der Waals surface area (Å²) in [5.74, 6) is -1.06. The van der Waals surface area contributed by atoms with Crippen molar-refractivity contribution in [1.29, 1.82) is 0 Å². The molecular weight excluding hydrogens is 920 g/mol. The molecule has 2 heterocycles. The Labute approximate surface area is 349 Å². The Morgan fingerprint density at radius 2 is 1.66 bits per heavy atom. The van der Waals surface area contributed by atoms with Crippen molar-refractivity contribution >= 4 is 90.6 Å². The number of carbonyl (C=O) groups is 2. The second kappa shape index (κ2) is 21.2. The Balaban J connectivity index is 0.000000305. The molecule has 1 fully saturated rings. The van der Waals surface area contributed by atoms with E-state index in [1.807, 2.05) is 5.32 Å². The molecule has 58 heavy (non-hydrogen) atoms. The quantitative estimate of drug-likeness (QED) is 0.0891. The average Bonchev–Trinajstić information content (AvgIpc) is 3.70. The van der Waals surface area contributed by atoms with Crippen LogP contribution in [-0.2, 0) is 40.1 Å². The molecule has 0 aliphatic heterocycles. The number of anilines is 1. The molecular formula is C31H38Cl3F2N6O12PS3. The Morgan fingerprint density at radius 3 is 2.12 bits per heavy atom. The van der Waals surface area contributed by atoms with Crippen LogP contribution in [0.5, 0.6) is 0 Å². The molecule has 1 unspecified atom stereocenters. The lowest BCUT2D eigenvalue weighted by atomic mass is 10.0. The molecule has 0 spiro atoms. The molecule has 27 heteroatoms. The highest BCUT2D eigenvalue weighted by atomic mass is 35.5. The van der Waals surface area contributed by atoms with Gasteiger partial charge in [-0.15, -0.1) is 5.10 Å². The molecule has 0 radical (unpaired) electrons. The molecule has 1 aliphatic rings. The van der Waals surface area contributed by atoms with Crippen molar-refractivity contribution in [2.45, 2.75) is 37.1 Å². The SMILES string of the molecule is CS(=O)(=O)c1cc(Cl)ccc1C(=O)c1cnoc1C1CC1.C[S+](C)C.Cc1nn(-c2cc(NS(C)(=O)=O)c(Cl)cc2Cl)c(=O)n1C(F)F.O=C(O)CNCP(=O)([O-])O. The maximum absolute atomic E-state index is 12.8. The summed E-state index contributed by atoms with van der Waals surface area (Å²) in [6, 6.07) is 6.51. The molecule has 2 aromatic carbocycles. The molecule has 0 bridgehead atoms. The number of aryl methyl sites for hydroxylation is 1. The summed E-state index contributed by atoms with van der Waals surface area (Å²) in [5.41, 5.74) is -0.858. The summed E-state index contributed by atoms with van der Waals surface area (Å²) in [4.78, 5) is 52.3. The van der Waals surface area contributed by atoms with Gasteiger partial charge >= 0.3 is 18.2 Å². The number of nitrogens with one attached hydrogen (secondary N) is 2. The predicted molar refractivity (Wildman–Crippen MR) is 214 cm³/mol. The summed E-state index contributed by atoms with van der Waals surface area (Å²) in [6.45, 7) is -2.33. The van der Waals surface area contributed by atoms with Gasteiger partial charge in [0.1, 0.15) is 13.4 Å². The minimum absolute atomic E-state index is 0.0257. The van der Waals surface area contributed by atoms with Gasteiger partial charge in [0.2, 0.25) is 10.0 Å². The number of ketones is 1. The van der Waals surface area contributed by atoms with Gasteiger partial charge in [-0.3, -0.25) is 19.6 Å². The number of sulfonamides is 1. The molecule has 1 aliphatic carbocycles. The fourth-order valence-corrected chi connectivity index (χ4v) is 7.00. The summed E-state index contributed by atoms with van der Waals surface area (Å²) >= 11 is 17.7. The van der Waals surface area contributed by atoms with Gasteiger partial charge in [0, 0.05) is 22.8 Å². The van der Waals surface area contributed by atoms with E-state index in [4.69, 9.17) is 49.3 Å². The van der Waals surface area contributed by atoms with Crippen molar-refractivity contribution in [1.82, 2.24) is 24.8 Å². The zero-order valence-corrected chi connectivity index (χ0v) is 36.9. The number of sulfone groups is 1. The largest absolute Gasteiger partial charge is 0.778 e. The van der Waals surface area contributed by atoms with Crippen molar-refractivity contribution in [2.24, 2.45) is 0 Å². The van der Waals surface area contributed by atoms with Gasteiger partial charge in [-0.25, -0.2) is 26.2 Å². The van der Waals surface area contributed by atoms with E-state index in [1.54, 1.807) is 0 Å². The minimum Gasteiger partial charge on any atom is -0.778 e. The van der Waals surface area contributed by atoms with Gasteiger partial charge < -0.3 is 24.0 Å². The second-order valence-corrected chi connectivity index (χ2v) is 21.5. The first-order valence-corrected chi connectivity index (χ1v) is 25.0. The van der Waals surface area contributed by atoms with Crippen LogP contribution in [0.4, 0.5) is 14.5 Å². The highest BCUT2D eigenvalue weighted by Crippen LogP contribution is 2.42. The second-order valence-electron chi connectivity index (χ2n) is 12.5. The van der Waals surface area contributed by atoms with Gasteiger partial charge in [-0.05, 0) is 61.0 Å². The summed E-state index contributed by atoms with van der Waals surface area (Å²) in [6.07, 6.45) is 11.1. The van der Waals surface area contributed by atoms with Crippen molar-refractivity contribution in [3.63, 3.8) is 0 Å². The third kappa shape index (κ3) is 16.3. The van der Waals surface area contributed by atoms with Crippen molar-refractivity contribution in [2.75, 3.05) is 48.8 Å². The topological polar surface area (TPSA) is 273 Å².